The van der Waals surface area contributed by atoms with Crippen molar-refractivity contribution in [1.29, 1.82) is 0 Å². The Kier molecular flexibility index (Phi) is 3.83. The Hall–Kier alpha value is -0.100. The molecule has 0 heterocycles. The third kappa shape index (κ3) is 3.02. The fourth-order valence-corrected chi connectivity index (χ4v) is 4.09. The van der Waals surface area contributed by atoms with Gasteiger partial charge in [0.05, 0.1) is 4.90 Å². The molecule has 1 aromatic rings. The molecule has 0 aliphatic heterocycles. The van der Waals surface area contributed by atoms with E-state index in [0.717, 1.165) is 24.0 Å². The Morgan fingerprint density at radius 2 is 2.12 bits per heavy atom. The van der Waals surface area contributed by atoms with Crippen molar-refractivity contribution in [2.24, 2.45) is 0 Å². The van der Waals surface area contributed by atoms with E-state index in [1.807, 2.05) is 13.0 Å². The summed E-state index contributed by atoms with van der Waals surface area (Å²) in [4.78, 5) is 0.278. The molecule has 6 heteroatoms. The SMILES string of the molecule is Cc1cc(CCl)cc(S(=O)(=O)NC2CC2)c1Br. The van der Waals surface area contributed by atoms with Gasteiger partial charge in [-0.1, -0.05) is 6.07 Å². The van der Waals surface area contributed by atoms with Crippen molar-refractivity contribution in [3.05, 3.63) is 27.7 Å². The van der Waals surface area contributed by atoms with E-state index in [1.54, 1.807) is 6.07 Å². The zero-order valence-corrected chi connectivity index (χ0v) is 12.5. The molecule has 0 radical (unpaired) electrons. The molecule has 94 valence electrons. The van der Waals surface area contributed by atoms with Crippen molar-refractivity contribution in [1.82, 2.24) is 4.72 Å². The summed E-state index contributed by atoms with van der Waals surface area (Å²) in [6.07, 6.45) is 1.84. The van der Waals surface area contributed by atoms with Crippen molar-refractivity contribution in [2.45, 2.75) is 36.6 Å². The van der Waals surface area contributed by atoms with Gasteiger partial charge >= 0.3 is 0 Å². The minimum absolute atomic E-state index is 0.104. The van der Waals surface area contributed by atoms with Gasteiger partial charge < -0.3 is 0 Å². The second-order valence-electron chi connectivity index (χ2n) is 4.25. The summed E-state index contributed by atoms with van der Waals surface area (Å²) >= 11 is 9.09. The molecule has 1 N–H and O–H groups in total. The van der Waals surface area contributed by atoms with Crippen LogP contribution >= 0.6 is 27.5 Å². The van der Waals surface area contributed by atoms with E-state index < -0.39 is 10.0 Å². The summed E-state index contributed by atoms with van der Waals surface area (Å²) < 4.78 is 27.6. The number of nitrogens with one attached hydrogen (secondary N) is 1. The van der Waals surface area contributed by atoms with Gasteiger partial charge in [0.2, 0.25) is 10.0 Å². The minimum atomic E-state index is -3.44. The van der Waals surface area contributed by atoms with Crippen LogP contribution in [-0.4, -0.2) is 14.5 Å². The van der Waals surface area contributed by atoms with Gasteiger partial charge in [-0.3, -0.25) is 0 Å². The molecule has 1 aliphatic carbocycles. The number of alkyl halides is 1. The van der Waals surface area contributed by atoms with Crippen LogP contribution in [0.4, 0.5) is 0 Å². The summed E-state index contributed by atoms with van der Waals surface area (Å²) in [5.41, 5.74) is 1.68. The number of benzene rings is 1. The van der Waals surface area contributed by atoms with E-state index >= 15 is 0 Å². The average Bonchev–Trinajstić information content (AvgIpc) is 3.04. The maximum absolute atomic E-state index is 12.1. The molecule has 0 atom stereocenters. The van der Waals surface area contributed by atoms with Crippen LogP contribution in [0.15, 0.2) is 21.5 Å². The first kappa shape index (κ1) is 13.3. The largest absolute Gasteiger partial charge is 0.241 e. The van der Waals surface area contributed by atoms with E-state index in [4.69, 9.17) is 11.6 Å². The van der Waals surface area contributed by atoms with Gasteiger partial charge in [0, 0.05) is 16.4 Å². The third-order valence-electron chi connectivity index (χ3n) is 2.62. The molecule has 0 aromatic heterocycles. The lowest BCUT2D eigenvalue weighted by molar-refractivity contribution is 0.580. The molecular formula is C11H13BrClNO2S. The Labute approximate surface area is 115 Å². The maximum atomic E-state index is 12.1. The van der Waals surface area contributed by atoms with E-state index in [-0.39, 0.29) is 10.9 Å². The quantitative estimate of drug-likeness (QED) is 0.858. The Balaban J connectivity index is 2.45. The van der Waals surface area contributed by atoms with Crippen molar-refractivity contribution in [3.63, 3.8) is 0 Å². The lowest BCUT2D eigenvalue weighted by Gasteiger charge is -2.11. The lowest BCUT2D eigenvalue weighted by Crippen LogP contribution is -2.26. The molecule has 1 fully saturated rings. The van der Waals surface area contributed by atoms with Gasteiger partial charge in [-0.25, -0.2) is 13.1 Å². The van der Waals surface area contributed by atoms with Crippen LogP contribution in [0.2, 0.25) is 0 Å². The van der Waals surface area contributed by atoms with Gasteiger partial charge in [0.25, 0.3) is 0 Å². The molecule has 1 saturated carbocycles. The van der Waals surface area contributed by atoms with Gasteiger partial charge in [-0.2, -0.15) is 0 Å². The van der Waals surface area contributed by atoms with Crippen LogP contribution < -0.4 is 4.72 Å². The highest BCUT2D eigenvalue weighted by atomic mass is 79.9. The van der Waals surface area contributed by atoms with Crippen LogP contribution in [0, 0.1) is 6.92 Å². The monoisotopic (exact) mass is 337 g/mol. The van der Waals surface area contributed by atoms with Crippen molar-refractivity contribution >= 4 is 37.6 Å². The summed E-state index contributed by atoms with van der Waals surface area (Å²) in [5.74, 6) is 0.306. The normalized spacial score (nSPS) is 16.2. The second-order valence-corrected chi connectivity index (χ2v) is 7.00. The molecule has 0 saturated heterocycles. The predicted molar refractivity (Wildman–Crippen MR) is 71.8 cm³/mol. The fourth-order valence-electron chi connectivity index (χ4n) is 1.57. The molecule has 3 nitrogen and oxygen atoms in total. The first-order valence-electron chi connectivity index (χ1n) is 5.31. The number of sulfonamides is 1. The minimum Gasteiger partial charge on any atom is -0.208 e. The summed E-state index contributed by atoms with van der Waals surface area (Å²) in [6.45, 7) is 1.86. The maximum Gasteiger partial charge on any atom is 0.241 e. The Bertz CT molecular complexity index is 541. The van der Waals surface area contributed by atoms with Gasteiger partial charge in [0.15, 0.2) is 0 Å². The number of halogens is 2. The topological polar surface area (TPSA) is 46.2 Å². The molecule has 17 heavy (non-hydrogen) atoms. The molecule has 1 aromatic carbocycles. The Morgan fingerprint density at radius 3 is 2.65 bits per heavy atom. The molecule has 0 spiro atoms. The van der Waals surface area contributed by atoms with Crippen LogP contribution in [0.5, 0.6) is 0 Å². The zero-order valence-electron chi connectivity index (χ0n) is 9.33. The predicted octanol–water partition coefficient (Wildman–Crippen LogP) is 2.94. The van der Waals surface area contributed by atoms with E-state index in [1.165, 1.54) is 0 Å². The lowest BCUT2D eigenvalue weighted by atomic mass is 10.2. The van der Waals surface area contributed by atoms with E-state index in [9.17, 15) is 8.42 Å². The van der Waals surface area contributed by atoms with Crippen molar-refractivity contribution in [3.8, 4) is 0 Å². The summed E-state index contributed by atoms with van der Waals surface area (Å²) in [5, 5.41) is 0. The molecule has 1 aliphatic rings. The molecule has 0 bridgehead atoms. The first-order valence-corrected chi connectivity index (χ1v) is 8.12. The smallest absolute Gasteiger partial charge is 0.208 e. The van der Waals surface area contributed by atoms with Crippen molar-refractivity contribution in [2.75, 3.05) is 0 Å². The highest BCUT2D eigenvalue weighted by Gasteiger charge is 2.29. The Morgan fingerprint density at radius 1 is 1.47 bits per heavy atom. The highest BCUT2D eigenvalue weighted by molar-refractivity contribution is 9.10. The molecule has 0 amide bonds. The summed E-state index contributed by atoms with van der Waals surface area (Å²) in [6, 6.07) is 3.61. The van der Waals surface area contributed by atoms with Crippen LogP contribution in [0.25, 0.3) is 0 Å². The van der Waals surface area contributed by atoms with Crippen molar-refractivity contribution < 1.29 is 8.42 Å². The summed E-state index contributed by atoms with van der Waals surface area (Å²) in [7, 11) is -3.44. The van der Waals surface area contributed by atoms with Gasteiger partial charge in [0.1, 0.15) is 0 Å². The zero-order chi connectivity index (χ0) is 12.6. The fraction of sp³-hybridized carbons (Fsp3) is 0.455. The number of aryl methyl sites for hydroxylation is 1. The van der Waals surface area contributed by atoms with Crippen LogP contribution in [-0.2, 0) is 15.9 Å². The highest BCUT2D eigenvalue weighted by Crippen LogP contribution is 2.30. The van der Waals surface area contributed by atoms with Gasteiger partial charge in [-0.15, -0.1) is 11.6 Å². The number of hydrogen-bond acceptors (Lipinski definition) is 2. The van der Waals surface area contributed by atoms with Gasteiger partial charge in [-0.05, 0) is 52.9 Å². The molecule has 2 rings (SSSR count). The van der Waals surface area contributed by atoms with Crippen LogP contribution in [0.1, 0.15) is 24.0 Å². The average molecular weight is 339 g/mol. The number of rotatable bonds is 4. The standard InChI is InChI=1S/C11H13BrClNO2S/c1-7-4-8(6-13)5-10(11(7)12)17(15,16)14-9-2-3-9/h4-5,9,14H,2-3,6H2,1H3. The molecular weight excluding hydrogens is 326 g/mol. The second kappa shape index (κ2) is 4.88. The molecule has 0 unspecified atom stereocenters. The third-order valence-corrected chi connectivity index (χ3v) is 5.79. The first-order chi connectivity index (χ1) is 7.94. The van der Waals surface area contributed by atoms with E-state index in [0.29, 0.717) is 10.4 Å². The van der Waals surface area contributed by atoms with E-state index in [2.05, 4.69) is 20.7 Å². The van der Waals surface area contributed by atoms with Crippen LogP contribution in [0.3, 0.4) is 0 Å². The number of hydrogen-bond donors (Lipinski definition) is 1.